The van der Waals surface area contributed by atoms with Gasteiger partial charge in [-0.25, -0.2) is 14.6 Å². The van der Waals surface area contributed by atoms with Crippen molar-refractivity contribution in [2.45, 2.75) is 18.8 Å². The summed E-state index contributed by atoms with van der Waals surface area (Å²) in [6.07, 6.45) is 1.68. The van der Waals surface area contributed by atoms with Gasteiger partial charge in [-0.05, 0) is 37.1 Å². The van der Waals surface area contributed by atoms with Crippen molar-refractivity contribution in [2.24, 2.45) is 0 Å². The number of anilines is 1. The molecule has 2 heterocycles. The number of nitrogens with zero attached hydrogens (tertiary/aromatic N) is 2. The molecule has 144 valence electrons. The van der Waals surface area contributed by atoms with Gasteiger partial charge in [0.15, 0.2) is 0 Å². The van der Waals surface area contributed by atoms with E-state index in [0.29, 0.717) is 30.3 Å². The molecule has 7 heteroatoms. The molecule has 0 unspecified atom stereocenters. The van der Waals surface area contributed by atoms with Crippen molar-refractivity contribution in [3.05, 3.63) is 59.9 Å². The number of hydrogen-bond acceptors (Lipinski definition) is 4. The molecule has 4 rings (SSSR count). The summed E-state index contributed by atoms with van der Waals surface area (Å²) in [5, 5.41) is 2.83. The maximum absolute atomic E-state index is 12.7. The molecule has 1 aromatic heterocycles. The van der Waals surface area contributed by atoms with Gasteiger partial charge in [0.25, 0.3) is 0 Å². The molecule has 1 fully saturated rings. The van der Waals surface area contributed by atoms with E-state index in [1.165, 1.54) is 7.11 Å². The van der Waals surface area contributed by atoms with Gasteiger partial charge in [-0.15, -0.1) is 0 Å². The van der Waals surface area contributed by atoms with Gasteiger partial charge in [0.2, 0.25) is 0 Å². The number of aromatic nitrogens is 2. The van der Waals surface area contributed by atoms with Gasteiger partial charge >= 0.3 is 12.0 Å². The fourth-order valence-electron chi connectivity index (χ4n) is 3.60. The first-order valence-electron chi connectivity index (χ1n) is 9.33. The number of nitrogens with one attached hydrogen (secondary N) is 2. The molecular formula is C21H22N4O3. The van der Waals surface area contributed by atoms with Crippen LogP contribution in [0.1, 0.15) is 34.9 Å². The summed E-state index contributed by atoms with van der Waals surface area (Å²) >= 11 is 0. The summed E-state index contributed by atoms with van der Waals surface area (Å²) < 4.78 is 4.78. The number of aromatic amines is 1. The predicted octanol–water partition coefficient (Wildman–Crippen LogP) is 3.76. The maximum Gasteiger partial charge on any atom is 0.339 e. The normalized spacial score (nSPS) is 14.8. The minimum Gasteiger partial charge on any atom is -0.465 e. The average Bonchev–Trinajstić information content (AvgIpc) is 3.18. The highest BCUT2D eigenvalue weighted by Crippen LogP contribution is 2.28. The Labute approximate surface area is 162 Å². The molecule has 2 aromatic carbocycles. The van der Waals surface area contributed by atoms with Crippen LogP contribution in [-0.4, -0.2) is 47.1 Å². The molecule has 1 aliphatic heterocycles. The maximum atomic E-state index is 12.7. The van der Waals surface area contributed by atoms with Crippen LogP contribution in [0.5, 0.6) is 0 Å². The van der Waals surface area contributed by atoms with Crippen molar-refractivity contribution in [1.29, 1.82) is 0 Å². The summed E-state index contributed by atoms with van der Waals surface area (Å²) in [4.78, 5) is 34.4. The van der Waals surface area contributed by atoms with Crippen molar-refractivity contribution < 1.29 is 14.3 Å². The van der Waals surface area contributed by atoms with Crippen LogP contribution in [0.2, 0.25) is 0 Å². The van der Waals surface area contributed by atoms with Gasteiger partial charge in [0.05, 0.1) is 29.4 Å². The molecule has 0 aliphatic carbocycles. The van der Waals surface area contributed by atoms with E-state index >= 15 is 0 Å². The van der Waals surface area contributed by atoms with E-state index < -0.39 is 5.97 Å². The number of methoxy groups -OCH3 is 1. The Morgan fingerprint density at radius 2 is 1.82 bits per heavy atom. The number of carbonyl (C=O) groups excluding carboxylic acids is 2. The van der Waals surface area contributed by atoms with E-state index in [1.807, 2.05) is 24.3 Å². The number of amides is 2. The van der Waals surface area contributed by atoms with E-state index in [1.54, 1.807) is 29.2 Å². The Hall–Kier alpha value is -3.35. The molecule has 7 nitrogen and oxygen atoms in total. The summed E-state index contributed by atoms with van der Waals surface area (Å²) in [6.45, 7) is 1.27. The molecule has 2 amide bonds. The van der Waals surface area contributed by atoms with Gasteiger partial charge in [0, 0.05) is 19.0 Å². The van der Waals surface area contributed by atoms with E-state index in [4.69, 9.17) is 4.74 Å². The van der Waals surface area contributed by atoms with Crippen molar-refractivity contribution >= 4 is 28.7 Å². The number of esters is 1. The topological polar surface area (TPSA) is 87.3 Å². The van der Waals surface area contributed by atoms with E-state index in [2.05, 4.69) is 15.3 Å². The molecular weight excluding hydrogens is 356 g/mol. The number of para-hydroxylation sites is 3. The van der Waals surface area contributed by atoms with Crippen molar-refractivity contribution in [3.8, 4) is 0 Å². The van der Waals surface area contributed by atoms with Crippen LogP contribution in [0.4, 0.5) is 10.5 Å². The molecule has 0 spiro atoms. The lowest BCUT2D eigenvalue weighted by Crippen LogP contribution is -2.41. The first kappa shape index (κ1) is 18.0. The fourth-order valence-corrected chi connectivity index (χ4v) is 3.60. The number of imidazole rings is 1. The Kier molecular flexibility index (Phi) is 4.97. The number of ether oxygens (including phenoxy) is 1. The molecule has 0 bridgehead atoms. The van der Waals surface area contributed by atoms with Gasteiger partial charge in [-0.1, -0.05) is 24.3 Å². The number of piperidine rings is 1. The Morgan fingerprint density at radius 3 is 2.57 bits per heavy atom. The SMILES string of the molecule is COC(=O)c1ccccc1NC(=O)N1CCC(c2nc3ccccc3[nH]2)CC1. The van der Waals surface area contributed by atoms with E-state index in [0.717, 1.165) is 29.7 Å². The fraction of sp³-hybridized carbons (Fsp3) is 0.286. The molecule has 2 N–H and O–H groups in total. The van der Waals surface area contributed by atoms with Crippen LogP contribution >= 0.6 is 0 Å². The summed E-state index contributed by atoms with van der Waals surface area (Å²) in [5.74, 6) is 0.815. The molecule has 28 heavy (non-hydrogen) atoms. The summed E-state index contributed by atoms with van der Waals surface area (Å²) in [7, 11) is 1.32. The Balaban J connectivity index is 1.40. The van der Waals surface area contributed by atoms with Gasteiger partial charge in [-0.2, -0.15) is 0 Å². The van der Waals surface area contributed by atoms with Crippen molar-refractivity contribution in [1.82, 2.24) is 14.9 Å². The average molecular weight is 378 g/mol. The Morgan fingerprint density at radius 1 is 1.11 bits per heavy atom. The number of urea groups is 1. The van der Waals surface area contributed by atoms with Crippen molar-refractivity contribution in [3.63, 3.8) is 0 Å². The predicted molar refractivity (Wildman–Crippen MR) is 106 cm³/mol. The largest absolute Gasteiger partial charge is 0.465 e. The minimum absolute atomic E-state index is 0.209. The lowest BCUT2D eigenvalue weighted by molar-refractivity contribution is 0.0602. The van der Waals surface area contributed by atoms with Crippen molar-refractivity contribution in [2.75, 3.05) is 25.5 Å². The van der Waals surface area contributed by atoms with E-state index in [9.17, 15) is 9.59 Å². The number of carbonyl (C=O) groups is 2. The summed E-state index contributed by atoms with van der Waals surface area (Å²) in [5.41, 5.74) is 2.81. The number of hydrogen-bond donors (Lipinski definition) is 2. The van der Waals surface area contributed by atoms with Gasteiger partial charge in [-0.3, -0.25) is 0 Å². The van der Waals surface area contributed by atoms with Crippen LogP contribution in [0.3, 0.4) is 0 Å². The van der Waals surface area contributed by atoms with E-state index in [-0.39, 0.29) is 6.03 Å². The standard InChI is InChI=1S/C21H22N4O3/c1-28-20(26)15-6-2-3-7-16(15)24-21(27)25-12-10-14(11-13-25)19-22-17-8-4-5-9-18(17)23-19/h2-9,14H,10-13H2,1H3,(H,22,23)(H,24,27). The number of benzene rings is 2. The quantitative estimate of drug-likeness (QED) is 0.680. The first-order valence-corrected chi connectivity index (χ1v) is 9.33. The zero-order valence-electron chi connectivity index (χ0n) is 15.6. The first-order chi connectivity index (χ1) is 13.7. The third-order valence-electron chi connectivity index (χ3n) is 5.15. The van der Waals surface area contributed by atoms with Crippen LogP contribution in [0.25, 0.3) is 11.0 Å². The minimum atomic E-state index is -0.473. The third kappa shape index (κ3) is 3.55. The number of fused-ring (bicyclic) bond motifs is 1. The second kappa shape index (κ2) is 7.72. The highest BCUT2D eigenvalue weighted by molar-refractivity contribution is 6.00. The zero-order valence-corrected chi connectivity index (χ0v) is 15.6. The molecule has 3 aromatic rings. The molecule has 0 atom stereocenters. The highest BCUT2D eigenvalue weighted by Gasteiger charge is 2.26. The van der Waals surface area contributed by atoms with Crippen LogP contribution in [-0.2, 0) is 4.74 Å². The monoisotopic (exact) mass is 378 g/mol. The van der Waals surface area contributed by atoms with Gasteiger partial charge in [0.1, 0.15) is 5.82 Å². The number of H-pyrrole nitrogens is 1. The summed E-state index contributed by atoms with van der Waals surface area (Å²) in [6, 6.07) is 14.6. The van der Waals surface area contributed by atoms with Crippen LogP contribution < -0.4 is 5.32 Å². The second-order valence-corrected chi connectivity index (χ2v) is 6.87. The second-order valence-electron chi connectivity index (χ2n) is 6.87. The van der Waals surface area contributed by atoms with Gasteiger partial charge < -0.3 is 19.9 Å². The highest BCUT2D eigenvalue weighted by atomic mass is 16.5. The molecule has 1 aliphatic rings. The Bertz CT molecular complexity index is 973. The number of rotatable bonds is 3. The molecule has 1 saturated heterocycles. The molecule has 0 saturated carbocycles. The third-order valence-corrected chi connectivity index (χ3v) is 5.15. The molecule has 0 radical (unpaired) electrons. The number of likely N-dealkylation sites (tertiary alicyclic amines) is 1. The van der Waals surface area contributed by atoms with Crippen LogP contribution in [0.15, 0.2) is 48.5 Å². The smallest absolute Gasteiger partial charge is 0.339 e. The lowest BCUT2D eigenvalue weighted by atomic mass is 9.96. The van der Waals surface area contributed by atoms with Crippen LogP contribution in [0, 0.1) is 0 Å². The lowest BCUT2D eigenvalue weighted by Gasteiger charge is -2.31. The zero-order chi connectivity index (χ0) is 19.5.